The highest BCUT2D eigenvalue weighted by Gasteiger charge is 2.46. The van der Waals surface area contributed by atoms with E-state index in [-0.39, 0.29) is 19.4 Å². The summed E-state index contributed by atoms with van der Waals surface area (Å²) in [6, 6.07) is 0. The van der Waals surface area contributed by atoms with E-state index >= 15 is 0 Å². The summed E-state index contributed by atoms with van der Waals surface area (Å²) in [5.74, 6) is -2.13. The predicted octanol–water partition coefficient (Wildman–Crippen LogP) is 9.11. The van der Waals surface area contributed by atoms with Gasteiger partial charge in [-0.1, -0.05) is 151 Å². The normalized spacial score (nSPS) is 20.8. The van der Waals surface area contributed by atoms with Gasteiger partial charge in [-0.25, -0.2) is 0 Å². The lowest BCUT2D eigenvalue weighted by molar-refractivity contribution is -0.297. The van der Waals surface area contributed by atoms with Crippen LogP contribution in [-0.2, 0) is 38.7 Å². The van der Waals surface area contributed by atoms with Crippen LogP contribution >= 0.6 is 0 Å². The summed E-state index contributed by atoms with van der Waals surface area (Å²) >= 11 is 0. The molecule has 1 heterocycles. The summed E-state index contributed by atoms with van der Waals surface area (Å²) in [4.78, 5) is 25.3. The minimum atomic E-state index is -4.61. The van der Waals surface area contributed by atoms with Crippen molar-refractivity contribution in [2.75, 3.05) is 19.0 Å². The molecule has 0 aliphatic carbocycles. The third kappa shape index (κ3) is 31.0. The van der Waals surface area contributed by atoms with Crippen LogP contribution in [0.15, 0.2) is 72.9 Å². The number of esters is 2. The Hall–Kier alpha value is -2.91. The van der Waals surface area contributed by atoms with Gasteiger partial charge in [0.15, 0.2) is 12.4 Å². The van der Waals surface area contributed by atoms with Gasteiger partial charge in [-0.15, -0.1) is 0 Å². The van der Waals surface area contributed by atoms with Gasteiger partial charge in [0.25, 0.3) is 10.1 Å². The van der Waals surface area contributed by atoms with Crippen LogP contribution in [0.25, 0.3) is 0 Å². The van der Waals surface area contributed by atoms with Crippen molar-refractivity contribution in [3.8, 4) is 0 Å². The average molecular weight is 867 g/mol. The van der Waals surface area contributed by atoms with Crippen LogP contribution in [0.5, 0.6) is 0 Å². The van der Waals surface area contributed by atoms with E-state index in [0.29, 0.717) is 19.3 Å². The minimum Gasteiger partial charge on any atom is -0.462 e. The Morgan fingerprint density at radius 3 is 1.65 bits per heavy atom. The van der Waals surface area contributed by atoms with Crippen molar-refractivity contribution in [2.24, 2.45) is 0 Å². The number of unbranched alkanes of at least 4 members (excludes halogenated alkanes) is 12. The Labute approximate surface area is 361 Å². The molecule has 0 aromatic heterocycles. The van der Waals surface area contributed by atoms with E-state index in [2.05, 4.69) is 68.5 Å². The molecule has 60 heavy (non-hydrogen) atoms. The summed E-state index contributed by atoms with van der Waals surface area (Å²) in [7, 11) is -4.61. The van der Waals surface area contributed by atoms with E-state index in [9.17, 15) is 37.9 Å². The lowest BCUT2D eigenvalue weighted by Crippen LogP contribution is -2.60. The molecular weight excluding hydrogens is 789 g/mol. The molecule has 344 valence electrons. The van der Waals surface area contributed by atoms with Crippen LogP contribution in [0, 0.1) is 0 Å². The van der Waals surface area contributed by atoms with Crippen molar-refractivity contribution >= 4 is 22.1 Å². The Balaban J connectivity index is 2.52. The van der Waals surface area contributed by atoms with Crippen molar-refractivity contribution in [1.82, 2.24) is 0 Å². The molecule has 6 atom stereocenters. The van der Waals surface area contributed by atoms with E-state index in [1.54, 1.807) is 0 Å². The second kappa shape index (κ2) is 36.7. The number of rotatable bonds is 36. The SMILES string of the molecule is CC/C=C/C/C=C/C/C=C/C/C=C/C/C=C/CCCC(=O)OC[C@H](CO[C@H]1O[C@H](CS(=O)(=O)O)[C@@H](O)C(O)C1O)OC(=O)CC/C=C/CCCCCCCCCCCCC. The third-order valence-electron chi connectivity index (χ3n) is 9.78. The summed E-state index contributed by atoms with van der Waals surface area (Å²) in [6.07, 6.45) is 36.8. The monoisotopic (exact) mass is 867 g/mol. The highest BCUT2D eigenvalue weighted by molar-refractivity contribution is 7.85. The zero-order chi connectivity index (χ0) is 44.1. The molecular formula is C47H78O12S. The van der Waals surface area contributed by atoms with E-state index < -0.39 is 71.2 Å². The maximum Gasteiger partial charge on any atom is 0.306 e. The molecule has 0 radical (unpaired) electrons. The standard InChI is InChI=1S/C47H78O12S/c1-3-5-7-9-11-13-15-17-19-20-22-23-25-27-29-31-33-35-42(48)56-37-40(38-57-47-46(52)45(51)44(50)41(59-47)39-60(53,54)55)58-43(49)36-34-32-30-28-26-24-21-18-16-14-12-10-8-6-4-2/h5,7,11,13,17,19,22-23,27,29-30,32,40-41,44-47,50-52H,3-4,6,8-10,12,14-16,18,20-21,24-26,28,31,33-39H2,1-2H3,(H,53,54,55)/b7-5+,13-11+,19-17+,23-22+,29-27+,32-30+/t40-,41-,44-,45?,46?,47+/m1/s1. The molecule has 13 heteroatoms. The Kier molecular flexibility index (Phi) is 33.7. The summed E-state index contributed by atoms with van der Waals surface area (Å²) in [5.41, 5.74) is 0. The third-order valence-corrected chi connectivity index (χ3v) is 10.5. The van der Waals surface area contributed by atoms with Gasteiger partial charge in [0.2, 0.25) is 0 Å². The fourth-order valence-corrected chi connectivity index (χ4v) is 7.01. The van der Waals surface area contributed by atoms with Crippen LogP contribution in [-0.4, -0.2) is 96.0 Å². The molecule has 1 fully saturated rings. The molecule has 0 aromatic carbocycles. The van der Waals surface area contributed by atoms with E-state index in [1.807, 2.05) is 18.2 Å². The zero-order valence-electron chi connectivity index (χ0n) is 36.5. The van der Waals surface area contributed by atoms with Crippen molar-refractivity contribution in [1.29, 1.82) is 0 Å². The van der Waals surface area contributed by atoms with Crippen molar-refractivity contribution in [3.63, 3.8) is 0 Å². The minimum absolute atomic E-state index is 0.0658. The molecule has 1 aliphatic heterocycles. The fourth-order valence-electron chi connectivity index (χ4n) is 6.32. The second-order valence-electron chi connectivity index (χ2n) is 15.3. The summed E-state index contributed by atoms with van der Waals surface area (Å²) in [5, 5.41) is 30.9. The first-order chi connectivity index (χ1) is 29.0. The average Bonchev–Trinajstić information content (AvgIpc) is 3.21. The molecule has 0 amide bonds. The topological polar surface area (TPSA) is 186 Å². The first kappa shape index (κ1) is 55.1. The van der Waals surface area contributed by atoms with E-state index in [4.69, 9.17) is 18.9 Å². The van der Waals surface area contributed by atoms with Crippen LogP contribution in [0.4, 0.5) is 0 Å². The number of carbonyl (C=O) groups is 2. The van der Waals surface area contributed by atoms with Gasteiger partial charge in [-0.2, -0.15) is 8.42 Å². The number of carbonyl (C=O) groups excluding carboxylic acids is 2. The van der Waals surface area contributed by atoms with Gasteiger partial charge < -0.3 is 34.3 Å². The number of hydrogen-bond acceptors (Lipinski definition) is 11. The maximum absolute atomic E-state index is 12.8. The Morgan fingerprint density at radius 2 is 1.08 bits per heavy atom. The molecule has 1 rings (SSSR count). The lowest BCUT2D eigenvalue weighted by Gasteiger charge is -2.40. The van der Waals surface area contributed by atoms with Gasteiger partial charge in [-0.05, 0) is 64.2 Å². The van der Waals surface area contributed by atoms with Crippen LogP contribution < -0.4 is 0 Å². The molecule has 2 unspecified atom stereocenters. The number of hydrogen-bond donors (Lipinski definition) is 4. The van der Waals surface area contributed by atoms with Crippen molar-refractivity contribution < 1.29 is 56.8 Å². The summed E-state index contributed by atoms with van der Waals surface area (Å²) in [6.45, 7) is 3.55. The smallest absolute Gasteiger partial charge is 0.306 e. The van der Waals surface area contributed by atoms with Crippen LogP contribution in [0.2, 0.25) is 0 Å². The first-order valence-electron chi connectivity index (χ1n) is 22.5. The predicted molar refractivity (Wildman–Crippen MR) is 238 cm³/mol. The van der Waals surface area contributed by atoms with Crippen LogP contribution in [0.1, 0.15) is 155 Å². The van der Waals surface area contributed by atoms with Gasteiger partial charge in [0.1, 0.15) is 36.8 Å². The highest BCUT2D eigenvalue weighted by Crippen LogP contribution is 2.24. The highest BCUT2D eigenvalue weighted by atomic mass is 32.2. The van der Waals surface area contributed by atoms with Gasteiger partial charge in [0.05, 0.1) is 6.61 Å². The molecule has 12 nitrogen and oxygen atoms in total. The number of ether oxygens (including phenoxy) is 4. The van der Waals surface area contributed by atoms with Crippen molar-refractivity contribution in [2.45, 2.75) is 192 Å². The number of aliphatic hydroxyl groups excluding tert-OH is 3. The largest absolute Gasteiger partial charge is 0.462 e. The van der Waals surface area contributed by atoms with Gasteiger partial charge >= 0.3 is 11.9 Å². The molecule has 4 N–H and O–H groups in total. The second-order valence-corrected chi connectivity index (χ2v) is 16.8. The molecule has 0 bridgehead atoms. The quantitative estimate of drug-likeness (QED) is 0.0203. The Bertz CT molecular complexity index is 1390. The van der Waals surface area contributed by atoms with E-state index in [0.717, 1.165) is 44.9 Å². The molecule has 1 aliphatic rings. The van der Waals surface area contributed by atoms with Crippen LogP contribution in [0.3, 0.4) is 0 Å². The fraction of sp³-hybridized carbons (Fsp3) is 0.702. The number of aliphatic hydroxyl groups is 3. The first-order valence-corrected chi connectivity index (χ1v) is 24.1. The van der Waals surface area contributed by atoms with Crippen molar-refractivity contribution in [3.05, 3.63) is 72.9 Å². The zero-order valence-corrected chi connectivity index (χ0v) is 37.3. The van der Waals surface area contributed by atoms with E-state index in [1.165, 1.54) is 64.2 Å². The molecule has 0 spiro atoms. The summed E-state index contributed by atoms with van der Waals surface area (Å²) < 4.78 is 53.9. The van der Waals surface area contributed by atoms with Gasteiger partial charge in [0, 0.05) is 12.8 Å². The Morgan fingerprint density at radius 1 is 0.583 bits per heavy atom. The maximum atomic E-state index is 12.8. The molecule has 1 saturated heterocycles. The number of allylic oxidation sites excluding steroid dienone is 12. The lowest BCUT2D eigenvalue weighted by atomic mass is 10.00. The van der Waals surface area contributed by atoms with Gasteiger partial charge in [-0.3, -0.25) is 14.1 Å². The molecule has 0 saturated carbocycles. The molecule has 0 aromatic rings.